The van der Waals surface area contributed by atoms with Gasteiger partial charge in [0, 0.05) is 12.7 Å². The third-order valence-electron chi connectivity index (χ3n) is 1.90. The quantitative estimate of drug-likeness (QED) is 0.657. The van der Waals surface area contributed by atoms with Gasteiger partial charge in [-0.05, 0) is 12.1 Å². The maximum absolute atomic E-state index is 11.2. The summed E-state index contributed by atoms with van der Waals surface area (Å²) < 4.78 is 0. The number of carbonyl (C=O) groups excluding carboxylic acids is 1. The molecule has 90 valence electrons. The summed E-state index contributed by atoms with van der Waals surface area (Å²) in [5.74, 6) is -1.02. The first kappa shape index (κ1) is 12.7. The number of carboxylic acids is 1. The summed E-state index contributed by atoms with van der Waals surface area (Å²) in [6.45, 7) is 4.00. The Morgan fingerprint density at radius 1 is 1.47 bits per heavy atom. The van der Waals surface area contributed by atoms with Crippen molar-refractivity contribution in [3.05, 3.63) is 42.2 Å². The molecule has 0 fully saturated rings. The van der Waals surface area contributed by atoms with Gasteiger partial charge in [0.05, 0.1) is 17.8 Å². The Balaban J connectivity index is 2.51. The van der Waals surface area contributed by atoms with E-state index in [2.05, 4.69) is 22.2 Å². The molecule has 0 spiro atoms. The first-order valence-electron chi connectivity index (χ1n) is 4.94. The minimum atomic E-state index is -1.02. The number of pyridine rings is 1. The molecule has 0 saturated carbocycles. The number of amides is 2. The predicted molar refractivity (Wildman–Crippen MR) is 61.6 cm³/mol. The molecule has 2 amide bonds. The van der Waals surface area contributed by atoms with Gasteiger partial charge in [-0.25, -0.2) is 9.59 Å². The lowest BCUT2D eigenvalue weighted by atomic mass is 10.2. The van der Waals surface area contributed by atoms with Crippen molar-refractivity contribution in [3.63, 3.8) is 0 Å². The lowest BCUT2D eigenvalue weighted by Gasteiger charge is -2.05. The maximum atomic E-state index is 11.2. The molecular formula is C11H13N3O3. The number of aromatic carboxylic acids is 1. The van der Waals surface area contributed by atoms with Gasteiger partial charge in [-0.15, -0.1) is 6.58 Å². The van der Waals surface area contributed by atoms with Crippen molar-refractivity contribution in [3.8, 4) is 0 Å². The van der Waals surface area contributed by atoms with Gasteiger partial charge in [-0.1, -0.05) is 6.08 Å². The van der Waals surface area contributed by atoms with E-state index in [0.29, 0.717) is 12.2 Å². The minimum absolute atomic E-state index is 0.142. The number of aromatic nitrogens is 1. The van der Waals surface area contributed by atoms with E-state index >= 15 is 0 Å². The maximum Gasteiger partial charge on any atom is 0.335 e. The summed E-state index contributed by atoms with van der Waals surface area (Å²) in [4.78, 5) is 25.8. The lowest BCUT2D eigenvalue weighted by Crippen LogP contribution is -2.35. The van der Waals surface area contributed by atoms with Gasteiger partial charge in [0.1, 0.15) is 0 Å². The molecule has 0 aliphatic heterocycles. The Hall–Kier alpha value is -2.37. The van der Waals surface area contributed by atoms with Gasteiger partial charge in [0.15, 0.2) is 0 Å². The molecule has 17 heavy (non-hydrogen) atoms. The molecule has 1 aromatic heterocycles. The SMILES string of the molecule is C=CCNC(=O)NCc1cc(C(=O)O)ccn1. The highest BCUT2D eigenvalue weighted by Gasteiger charge is 2.05. The number of hydrogen-bond donors (Lipinski definition) is 3. The van der Waals surface area contributed by atoms with Crippen LogP contribution in [0.4, 0.5) is 4.79 Å². The van der Waals surface area contributed by atoms with Crippen molar-refractivity contribution in [1.29, 1.82) is 0 Å². The van der Waals surface area contributed by atoms with Crippen LogP contribution in [0.15, 0.2) is 31.0 Å². The van der Waals surface area contributed by atoms with E-state index < -0.39 is 5.97 Å². The van der Waals surface area contributed by atoms with Gasteiger partial charge in [-0.2, -0.15) is 0 Å². The Morgan fingerprint density at radius 3 is 2.88 bits per heavy atom. The summed E-state index contributed by atoms with van der Waals surface area (Å²) in [6, 6.07) is 2.45. The van der Waals surface area contributed by atoms with Gasteiger partial charge >= 0.3 is 12.0 Å². The van der Waals surface area contributed by atoms with Crippen LogP contribution in [0.25, 0.3) is 0 Å². The fourth-order valence-electron chi connectivity index (χ4n) is 1.11. The van der Waals surface area contributed by atoms with Crippen LogP contribution in [0.1, 0.15) is 16.1 Å². The first-order chi connectivity index (χ1) is 8.13. The van der Waals surface area contributed by atoms with Crippen LogP contribution in [0.5, 0.6) is 0 Å². The standard InChI is InChI=1S/C11H13N3O3/c1-2-4-13-11(17)14-7-9-6-8(10(15)16)3-5-12-9/h2-3,5-6H,1,4,7H2,(H,15,16)(H2,13,14,17). The molecule has 3 N–H and O–H groups in total. The third kappa shape index (κ3) is 4.33. The number of nitrogens with one attached hydrogen (secondary N) is 2. The van der Waals surface area contributed by atoms with Crippen molar-refractivity contribution in [1.82, 2.24) is 15.6 Å². The Bertz CT molecular complexity index is 432. The van der Waals surface area contributed by atoms with Gasteiger partial charge in [-0.3, -0.25) is 4.98 Å². The number of rotatable bonds is 5. The number of carbonyl (C=O) groups is 2. The third-order valence-corrected chi connectivity index (χ3v) is 1.90. The van der Waals surface area contributed by atoms with Crippen molar-refractivity contribution < 1.29 is 14.7 Å². The van der Waals surface area contributed by atoms with E-state index in [0.717, 1.165) is 0 Å². The second-order valence-corrected chi connectivity index (χ2v) is 3.19. The largest absolute Gasteiger partial charge is 0.478 e. The van der Waals surface area contributed by atoms with Crippen molar-refractivity contribution in [2.45, 2.75) is 6.54 Å². The summed E-state index contributed by atoms with van der Waals surface area (Å²) in [5, 5.41) is 13.8. The van der Waals surface area contributed by atoms with Crippen LogP contribution in [0.2, 0.25) is 0 Å². The van der Waals surface area contributed by atoms with Gasteiger partial charge in [0.2, 0.25) is 0 Å². The summed E-state index contributed by atoms with van der Waals surface area (Å²) in [6.07, 6.45) is 2.95. The van der Waals surface area contributed by atoms with E-state index in [-0.39, 0.29) is 18.1 Å². The Labute approximate surface area is 98.4 Å². The molecular weight excluding hydrogens is 222 g/mol. The zero-order chi connectivity index (χ0) is 12.7. The molecule has 0 aromatic carbocycles. The van der Waals surface area contributed by atoms with Crippen molar-refractivity contribution in [2.24, 2.45) is 0 Å². The predicted octanol–water partition coefficient (Wildman–Crippen LogP) is 0.765. The second kappa shape index (κ2) is 6.26. The second-order valence-electron chi connectivity index (χ2n) is 3.19. The molecule has 1 rings (SSSR count). The van der Waals surface area contributed by atoms with Gasteiger partial charge < -0.3 is 15.7 Å². The van der Waals surface area contributed by atoms with E-state index in [9.17, 15) is 9.59 Å². The summed E-state index contributed by atoms with van der Waals surface area (Å²) in [5.41, 5.74) is 0.627. The molecule has 0 unspecified atom stereocenters. The summed E-state index contributed by atoms with van der Waals surface area (Å²) >= 11 is 0. The van der Waals surface area contributed by atoms with Gasteiger partial charge in [0.25, 0.3) is 0 Å². The van der Waals surface area contributed by atoms with Crippen LogP contribution in [0.3, 0.4) is 0 Å². The molecule has 0 saturated heterocycles. The molecule has 1 heterocycles. The number of urea groups is 1. The fraction of sp³-hybridized carbons (Fsp3) is 0.182. The molecule has 0 aliphatic rings. The van der Waals surface area contributed by atoms with Crippen LogP contribution < -0.4 is 10.6 Å². The summed E-state index contributed by atoms with van der Waals surface area (Å²) in [7, 11) is 0. The highest BCUT2D eigenvalue weighted by molar-refractivity contribution is 5.87. The average molecular weight is 235 g/mol. The zero-order valence-electron chi connectivity index (χ0n) is 9.14. The molecule has 0 aliphatic carbocycles. The number of hydrogen-bond acceptors (Lipinski definition) is 3. The normalized spacial score (nSPS) is 9.41. The monoisotopic (exact) mass is 235 g/mol. The zero-order valence-corrected chi connectivity index (χ0v) is 9.14. The molecule has 0 atom stereocenters. The smallest absolute Gasteiger partial charge is 0.335 e. The molecule has 0 bridgehead atoms. The van der Waals surface area contributed by atoms with Crippen LogP contribution in [0, 0.1) is 0 Å². The molecule has 6 nitrogen and oxygen atoms in total. The average Bonchev–Trinajstić information content (AvgIpc) is 2.34. The van der Waals surface area contributed by atoms with E-state index in [1.165, 1.54) is 18.3 Å². The van der Waals surface area contributed by atoms with E-state index in [1.54, 1.807) is 6.08 Å². The Kier molecular flexibility index (Phi) is 4.68. The van der Waals surface area contributed by atoms with Crippen LogP contribution in [-0.2, 0) is 6.54 Å². The number of carboxylic acid groups (broad SMARTS) is 1. The minimum Gasteiger partial charge on any atom is -0.478 e. The number of nitrogens with zero attached hydrogens (tertiary/aromatic N) is 1. The van der Waals surface area contributed by atoms with Crippen LogP contribution >= 0.6 is 0 Å². The van der Waals surface area contributed by atoms with E-state index in [4.69, 9.17) is 5.11 Å². The van der Waals surface area contributed by atoms with Crippen LogP contribution in [-0.4, -0.2) is 28.6 Å². The van der Waals surface area contributed by atoms with Crippen molar-refractivity contribution in [2.75, 3.05) is 6.54 Å². The molecule has 0 radical (unpaired) electrons. The first-order valence-corrected chi connectivity index (χ1v) is 4.94. The highest BCUT2D eigenvalue weighted by atomic mass is 16.4. The molecule has 1 aromatic rings. The van der Waals surface area contributed by atoms with E-state index in [1.807, 2.05) is 0 Å². The highest BCUT2D eigenvalue weighted by Crippen LogP contribution is 2.01. The fourth-order valence-corrected chi connectivity index (χ4v) is 1.11. The molecule has 6 heteroatoms. The lowest BCUT2D eigenvalue weighted by molar-refractivity contribution is 0.0696. The topological polar surface area (TPSA) is 91.3 Å². The van der Waals surface area contributed by atoms with Crippen molar-refractivity contribution >= 4 is 12.0 Å². The Morgan fingerprint density at radius 2 is 2.24 bits per heavy atom.